The van der Waals surface area contributed by atoms with E-state index in [0.717, 1.165) is 20.8 Å². The van der Waals surface area contributed by atoms with E-state index in [-0.39, 0.29) is 23.4 Å². The van der Waals surface area contributed by atoms with Gasteiger partial charge in [-0.1, -0.05) is 78.3 Å². The molecule has 2 atom stereocenters. The molecule has 3 rings (SSSR count). The van der Waals surface area contributed by atoms with Gasteiger partial charge in [0.25, 0.3) is 10.0 Å². The first-order chi connectivity index (χ1) is 18.2. The van der Waals surface area contributed by atoms with Crippen LogP contribution in [0.5, 0.6) is 0 Å². The van der Waals surface area contributed by atoms with E-state index < -0.39 is 28.5 Å². The molecule has 0 unspecified atom stereocenters. The third kappa shape index (κ3) is 7.45. The van der Waals surface area contributed by atoms with Gasteiger partial charge in [-0.15, -0.1) is 0 Å². The van der Waals surface area contributed by atoms with Crippen molar-refractivity contribution in [2.75, 3.05) is 10.8 Å². The third-order valence-corrected chi connectivity index (χ3v) is 8.62. The molecule has 0 aromatic heterocycles. The summed E-state index contributed by atoms with van der Waals surface area (Å²) < 4.78 is 29.4. The molecule has 3 aromatic carbocycles. The molecule has 0 aliphatic rings. The smallest absolute Gasteiger partial charge is 0.264 e. The number of carbonyl (C=O) groups is 2. The van der Waals surface area contributed by atoms with Crippen LogP contribution >= 0.6 is 15.9 Å². The predicted molar refractivity (Wildman–Crippen MR) is 154 cm³/mol. The lowest BCUT2D eigenvalue weighted by molar-refractivity contribution is -0.140. The Bertz CT molecular complexity index is 1300. The van der Waals surface area contributed by atoms with Gasteiger partial charge in [0, 0.05) is 17.1 Å². The molecule has 9 heteroatoms. The van der Waals surface area contributed by atoms with Crippen LogP contribution in [0.4, 0.5) is 5.69 Å². The molecular weight excluding hydrogens is 566 g/mol. The van der Waals surface area contributed by atoms with E-state index in [9.17, 15) is 18.0 Å². The van der Waals surface area contributed by atoms with E-state index in [0.29, 0.717) is 12.1 Å². The largest absolute Gasteiger partial charge is 0.352 e. The second kappa shape index (κ2) is 13.6. The molecule has 7 nitrogen and oxygen atoms in total. The summed E-state index contributed by atoms with van der Waals surface area (Å²) in [4.78, 5) is 28.8. The van der Waals surface area contributed by atoms with Gasteiger partial charge < -0.3 is 10.2 Å². The lowest BCUT2D eigenvalue weighted by Crippen LogP contribution is -2.53. The average Bonchev–Trinajstić information content (AvgIpc) is 2.93. The maximum absolute atomic E-state index is 14.0. The minimum Gasteiger partial charge on any atom is -0.352 e. The summed E-state index contributed by atoms with van der Waals surface area (Å²) in [6, 6.07) is 23.3. The van der Waals surface area contributed by atoms with Gasteiger partial charge in [-0.3, -0.25) is 13.9 Å². The molecule has 0 fully saturated rings. The summed E-state index contributed by atoms with van der Waals surface area (Å²) in [5.41, 5.74) is 1.19. The van der Waals surface area contributed by atoms with Crippen molar-refractivity contribution in [2.24, 2.45) is 0 Å². The molecule has 0 heterocycles. The topological polar surface area (TPSA) is 86.8 Å². The van der Waals surface area contributed by atoms with E-state index in [2.05, 4.69) is 21.2 Å². The normalized spacial score (nSPS) is 12.8. The van der Waals surface area contributed by atoms with Gasteiger partial charge in [-0.2, -0.15) is 0 Å². The quantitative estimate of drug-likeness (QED) is 0.303. The standard InChI is InChI=1S/C29H34BrN3O4S/c1-4-22(3)31-29(35)27(5-2)32(20-23-12-8-6-9-13-23)28(34)21-33(25-18-16-24(30)17-19-25)38(36,37)26-14-10-7-11-15-26/h6-19,22,27H,4-5,20-21H2,1-3H3,(H,31,35)/t22-,27-/m0/s1. The number of carbonyl (C=O) groups excluding carboxylic acids is 2. The zero-order valence-electron chi connectivity index (χ0n) is 21.9. The van der Waals surface area contributed by atoms with Crippen LogP contribution in [0.15, 0.2) is 94.3 Å². The van der Waals surface area contributed by atoms with Crippen LogP contribution in [0.25, 0.3) is 0 Å². The maximum Gasteiger partial charge on any atom is 0.264 e. The Morgan fingerprint density at radius 1 is 0.868 bits per heavy atom. The number of hydrogen-bond acceptors (Lipinski definition) is 4. The first-order valence-corrected chi connectivity index (χ1v) is 14.9. The molecule has 0 bridgehead atoms. The molecule has 38 heavy (non-hydrogen) atoms. The molecule has 2 amide bonds. The second-order valence-corrected chi connectivity index (χ2v) is 11.8. The Kier molecular flexibility index (Phi) is 10.5. The van der Waals surface area contributed by atoms with Crippen molar-refractivity contribution in [3.05, 3.63) is 95.0 Å². The minimum atomic E-state index is -4.07. The summed E-state index contributed by atoms with van der Waals surface area (Å²) in [5.74, 6) is -0.727. The fourth-order valence-electron chi connectivity index (χ4n) is 4.00. The van der Waals surface area contributed by atoms with E-state index in [1.54, 1.807) is 42.5 Å². The number of amides is 2. The van der Waals surface area contributed by atoms with Crippen LogP contribution in [0.2, 0.25) is 0 Å². The number of benzene rings is 3. The predicted octanol–water partition coefficient (Wildman–Crippen LogP) is 5.37. The third-order valence-electron chi connectivity index (χ3n) is 6.31. The molecule has 0 saturated carbocycles. The Balaban J connectivity index is 2.02. The van der Waals surface area contributed by atoms with E-state index in [4.69, 9.17) is 0 Å². The molecule has 0 saturated heterocycles. The van der Waals surface area contributed by atoms with Crippen molar-refractivity contribution in [3.8, 4) is 0 Å². The van der Waals surface area contributed by atoms with Crippen LogP contribution in [-0.4, -0.2) is 43.8 Å². The number of rotatable bonds is 12. The second-order valence-electron chi connectivity index (χ2n) is 9.05. The van der Waals surface area contributed by atoms with E-state index in [1.165, 1.54) is 17.0 Å². The van der Waals surface area contributed by atoms with Crippen molar-refractivity contribution in [3.63, 3.8) is 0 Å². The number of hydrogen-bond donors (Lipinski definition) is 1. The Labute approximate surface area is 234 Å². The maximum atomic E-state index is 14.0. The lowest BCUT2D eigenvalue weighted by atomic mass is 10.1. The Morgan fingerprint density at radius 3 is 2.00 bits per heavy atom. The first-order valence-electron chi connectivity index (χ1n) is 12.6. The van der Waals surface area contributed by atoms with Gasteiger partial charge in [0.15, 0.2) is 0 Å². The summed E-state index contributed by atoms with van der Waals surface area (Å²) >= 11 is 3.38. The number of nitrogens with zero attached hydrogens (tertiary/aromatic N) is 2. The van der Waals surface area contributed by atoms with Crippen molar-refractivity contribution >= 4 is 43.5 Å². The minimum absolute atomic E-state index is 0.0528. The van der Waals surface area contributed by atoms with Crippen molar-refractivity contribution < 1.29 is 18.0 Å². The zero-order chi connectivity index (χ0) is 27.7. The highest BCUT2D eigenvalue weighted by atomic mass is 79.9. The summed E-state index contributed by atoms with van der Waals surface area (Å²) in [6.07, 6.45) is 1.13. The highest BCUT2D eigenvalue weighted by Gasteiger charge is 2.33. The van der Waals surface area contributed by atoms with Crippen molar-refractivity contribution in [2.45, 2.75) is 57.1 Å². The van der Waals surface area contributed by atoms with Crippen LogP contribution in [0, 0.1) is 0 Å². The molecule has 0 aliphatic heterocycles. The number of sulfonamides is 1. The van der Waals surface area contributed by atoms with E-state index in [1.807, 2.05) is 51.1 Å². The number of anilines is 1. The van der Waals surface area contributed by atoms with Gasteiger partial charge >= 0.3 is 0 Å². The van der Waals surface area contributed by atoms with Crippen molar-refractivity contribution in [1.82, 2.24) is 10.2 Å². The fraction of sp³-hybridized carbons (Fsp3) is 0.310. The molecule has 1 N–H and O–H groups in total. The molecule has 0 spiro atoms. The fourth-order valence-corrected chi connectivity index (χ4v) is 5.70. The lowest BCUT2D eigenvalue weighted by Gasteiger charge is -2.33. The van der Waals surface area contributed by atoms with Gasteiger partial charge in [-0.25, -0.2) is 8.42 Å². The number of halogens is 1. The summed E-state index contributed by atoms with van der Waals surface area (Å²) in [5, 5.41) is 2.98. The summed E-state index contributed by atoms with van der Waals surface area (Å²) in [7, 11) is -4.07. The first kappa shape index (κ1) is 29.4. The highest BCUT2D eigenvalue weighted by molar-refractivity contribution is 9.10. The van der Waals surface area contributed by atoms with Gasteiger partial charge in [0.2, 0.25) is 11.8 Å². The van der Waals surface area contributed by atoms with Crippen LogP contribution in [0.1, 0.15) is 39.2 Å². The van der Waals surface area contributed by atoms with Crippen LogP contribution < -0.4 is 9.62 Å². The molecule has 3 aromatic rings. The van der Waals surface area contributed by atoms with Crippen molar-refractivity contribution in [1.29, 1.82) is 0 Å². The summed E-state index contributed by atoms with van der Waals surface area (Å²) in [6.45, 7) is 5.45. The molecule has 0 radical (unpaired) electrons. The molecule has 202 valence electrons. The SMILES string of the molecule is CC[C@H](C)NC(=O)[C@H](CC)N(Cc1ccccc1)C(=O)CN(c1ccc(Br)cc1)S(=O)(=O)c1ccccc1. The van der Waals surface area contributed by atoms with Gasteiger partial charge in [0.1, 0.15) is 12.6 Å². The monoisotopic (exact) mass is 599 g/mol. The Hall–Kier alpha value is -3.17. The average molecular weight is 601 g/mol. The Morgan fingerprint density at radius 2 is 1.45 bits per heavy atom. The van der Waals surface area contributed by atoms with E-state index >= 15 is 0 Å². The van der Waals surface area contributed by atoms with Crippen LogP contribution in [-0.2, 0) is 26.2 Å². The molecular formula is C29H34BrN3O4S. The van der Waals surface area contributed by atoms with Crippen LogP contribution in [0.3, 0.4) is 0 Å². The zero-order valence-corrected chi connectivity index (χ0v) is 24.3. The highest BCUT2D eigenvalue weighted by Crippen LogP contribution is 2.26. The molecule has 0 aliphatic carbocycles. The number of nitrogens with one attached hydrogen (secondary N) is 1. The van der Waals surface area contributed by atoms with Gasteiger partial charge in [0.05, 0.1) is 10.6 Å². The van der Waals surface area contributed by atoms with Gasteiger partial charge in [-0.05, 0) is 61.7 Å².